The van der Waals surface area contributed by atoms with Gasteiger partial charge in [0, 0.05) is 18.1 Å². The van der Waals surface area contributed by atoms with Gasteiger partial charge in [-0.05, 0) is 76.1 Å². The number of nitrogens with one attached hydrogen (secondary N) is 1. The van der Waals surface area contributed by atoms with E-state index in [1.54, 1.807) is 24.3 Å². The molecule has 0 radical (unpaired) electrons. The highest BCUT2D eigenvalue weighted by molar-refractivity contribution is 5.91. The van der Waals surface area contributed by atoms with Crippen LogP contribution in [0.15, 0.2) is 24.3 Å². The quantitative estimate of drug-likeness (QED) is 0.648. The molecule has 176 valence electrons. The number of carbonyl (C=O) groups excluding carboxylic acids is 3. The largest absolute Gasteiger partial charge is 0.484 e. The van der Waals surface area contributed by atoms with E-state index in [0.717, 1.165) is 38.5 Å². The fourth-order valence-electron chi connectivity index (χ4n) is 4.81. The standard InChI is InChI=1S/C25H36N2O5/c1-17-7-4-5-10-22(17)26-23(28)15-32-25(30)20-11-13-21(14-12-20)31-16-24(29)27-18(2)8-6-9-19(27)3/h11-14,17-19,22H,4-10,15-16H2,1-3H3,(H,26,28)/t17-,18-,19+,22-/m1/s1. The summed E-state index contributed by atoms with van der Waals surface area (Å²) in [7, 11) is 0. The smallest absolute Gasteiger partial charge is 0.338 e. The van der Waals surface area contributed by atoms with E-state index in [2.05, 4.69) is 26.1 Å². The number of likely N-dealkylation sites (tertiary alicyclic amines) is 1. The molecule has 0 unspecified atom stereocenters. The van der Waals surface area contributed by atoms with E-state index in [9.17, 15) is 14.4 Å². The predicted octanol–water partition coefficient (Wildman–Crippen LogP) is 3.71. The van der Waals surface area contributed by atoms with Crippen molar-refractivity contribution in [2.45, 2.75) is 83.8 Å². The molecule has 2 amide bonds. The second-order valence-electron chi connectivity index (χ2n) is 9.25. The van der Waals surface area contributed by atoms with Crippen molar-refractivity contribution >= 4 is 17.8 Å². The first-order chi connectivity index (χ1) is 15.3. The average Bonchev–Trinajstić information content (AvgIpc) is 2.78. The summed E-state index contributed by atoms with van der Waals surface area (Å²) in [4.78, 5) is 38.9. The molecule has 2 fully saturated rings. The molecule has 1 aromatic carbocycles. The first-order valence-electron chi connectivity index (χ1n) is 11.9. The number of hydrogen-bond donors (Lipinski definition) is 1. The molecule has 1 saturated heterocycles. The summed E-state index contributed by atoms with van der Waals surface area (Å²) >= 11 is 0. The Labute approximate surface area is 190 Å². The summed E-state index contributed by atoms with van der Waals surface area (Å²) < 4.78 is 10.8. The van der Waals surface area contributed by atoms with Gasteiger partial charge in [-0.2, -0.15) is 0 Å². The van der Waals surface area contributed by atoms with Crippen molar-refractivity contribution < 1.29 is 23.9 Å². The minimum absolute atomic E-state index is 0.0218. The molecule has 0 bridgehead atoms. The fourth-order valence-corrected chi connectivity index (χ4v) is 4.81. The van der Waals surface area contributed by atoms with Crippen molar-refractivity contribution in [3.8, 4) is 5.75 Å². The molecular formula is C25H36N2O5. The number of ether oxygens (including phenoxy) is 2. The Kier molecular flexibility index (Phi) is 8.53. The molecule has 1 N–H and O–H groups in total. The third-order valence-electron chi connectivity index (χ3n) is 6.73. The Morgan fingerprint density at radius 1 is 0.906 bits per heavy atom. The van der Waals surface area contributed by atoms with E-state index in [-0.39, 0.29) is 43.2 Å². The molecule has 7 nitrogen and oxygen atoms in total. The summed E-state index contributed by atoms with van der Waals surface area (Å²) in [6.45, 7) is 5.97. The predicted molar refractivity (Wildman–Crippen MR) is 121 cm³/mol. The maximum Gasteiger partial charge on any atom is 0.338 e. The van der Waals surface area contributed by atoms with E-state index >= 15 is 0 Å². The van der Waals surface area contributed by atoms with Crippen molar-refractivity contribution in [3.63, 3.8) is 0 Å². The summed E-state index contributed by atoms with van der Waals surface area (Å²) in [5.41, 5.74) is 0.334. The van der Waals surface area contributed by atoms with E-state index in [4.69, 9.17) is 9.47 Å². The molecule has 1 aliphatic carbocycles. The van der Waals surface area contributed by atoms with Crippen molar-refractivity contribution in [1.29, 1.82) is 0 Å². The SMILES string of the molecule is C[C@@H]1CCCC[C@H]1NC(=O)COC(=O)c1ccc(OCC(=O)N2[C@H](C)CCC[C@@H]2C)cc1. The highest BCUT2D eigenvalue weighted by Crippen LogP contribution is 2.24. The number of benzene rings is 1. The van der Waals surface area contributed by atoms with Gasteiger partial charge in [0.05, 0.1) is 5.56 Å². The van der Waals surface area contributed by atoms with Crippen LogP contribution in [0.3, 0.4) is 0 Å². The number of hydrogen-bond acceptors (Lipinski definition) is 5. The summed E-state index contributed by atoms with van der Waals surface area (Å²) in [5, 5.41) is 2.97. The first kappa shape index (κ1) is 24.1. The lowest BCUT2D eigenvalue weighted by Crippen LogP contribution is -2.49. The number of carbonyl (C=O) groups is 3. The second kappa shape index (κ2) is 11.3. The summed E-state index contributed by atoms with van der Waals surface area (Å²) in [6, 6.07) is 7.04. The van der Waals surface area contributed by atoms with Crippen LogP contribution in [0.25, 0.3) is 0 Å². The summed E-state index contributed by atoms with van der Waals surface area (Å²) in [5.74, 6) is 0.110. The van der Waals surface area contributed by atoms with Crippen LogP contribution in [0.2, 0.25) is 0 Å². The second-order valence-corrected chi connectivity index (χ2v) is 9.25. The molecular weight excluding hydrogens is 408 g/mol. The van der Waals surface area contributed by atoms with E-state index in [1.807, 2.05) is 4.90 Å². The minimum atomic E-state index is -0.560. The molecule has 0 spiro atoms. The van der Waals surface area contributed by atoms with Crippen molar-refractivity contribution in [2.75, 3.05) is 13.2 Å². The molecule has 3 rings (SSSR count). The van der Waals surface area contributed by atoms with Gasteiger partial charge in [0.25, 0.3) is 11.8 Å². The van der Waals surface area contributed by atoms with Gasteiger partial charge in [0.1, 0.15) is 5.75 Å². The average molecular weight is 445 g/mol. The van der Waals surface area contributed by atoms with Gasteiger partial charge >= 0.3 is 5.97 Å². The third kappa shape index (κ3) is 6.47. The monoisotopic (exact) mass is 444 g/mol. The third-order valence-corrected chi connectivity index (χ3v) is 6.73. The normalized spacial score (nSPS) is 25.7. The minimum Gasteiger partial charge on any atom is -0.484 e. The fraction of sp³-hybridized carbons (Fsp3) is 0.640. The molecule has 32 heavy (non-hydrogen) atoms. The maximum atomic E-state index is 12.6. The zero-order valence-corrected chi connectivity index (χ0v) is 19.5. The number of esters is 1. The van der Waals surface area contributed by atoms with Crippen LogP contribution in [0.4, 0.5) is 0 Å². The van der Waals surface area contributed by atoms with Gasteiger partial charge in [-0.25, -0.2) is 4.79 Å². The molecule has 0 aromatic heterocycles. The molecule has 1 aliphatic heterocycles. The van der Waals surface area contributed by atoms with Gasteiger partial charge in [-0.15, -0.1) is 0 Å². The highest BCUT2D eigenvalue weighted by Gasteiger charge is 2.29. The number of piperidine rings is 1. The van der Waals surface area contributed by atoms with Crippen LogP contribution in [0, 0.1) is 5.92 Å². The van der Waals surface area contributed by atoms with E-state index < -0.39 is 5.97 Å². The lowest BCUT2D eigenvalue weighted by molar-refractivity contribution is -0.139. The Hall–Kier alpha value is -2.57. The highest BCUT2D eigenvalue weighted by atomic mass is 16.5. The first-order valence-corrected chi connectivity index (χ1v) is 11.9. The van der Waals surface area contributed by atoms with Crippen LogP contribution in [-0.2, 0) is 14.3 Å². The molecule has 2 aliphatic rings. The van der Waals surface area contributed by atoms with Gasteiger partial charge < -0.3 is 19.7 Å². The van der Waals surface area contributed by atoms with Crippen LogP contribution >= 0.6 is 0 Å². The Balaban J connectivity index is 1.42. The van der Waals surface area contributed by atoms with Crippen molar-refractivity contribution in [2.24, 2.45) is 5.92 Å². The molecule has 4 atom stereocenters. The van der Waals surface area contributed by atoms with E-state index in [1.165, 1.54) is 6.42 Å². The van der Waals surface area contributed by atoms with Crippen LogP contribution in [0.5, 0.6) is 5.75 Å². The van der Waals surface area contributed by atoms with Crippen LogP contribution in [-0.4, -0.2) is 54.0 Å². The Morgan fingerprint density at radius 3 is 2.22 bits per heavy atom. The zero-order chi connectivity index (χ0) is 23.1. The summed E-state index contributed by atoms with van der Waals surface area (Å²) in [6.07, 6.45) is 7.58. The van der Waals surface area contributed by atoms with Gasteiger partial charge in [0.15, 0.2) is 13.2 Å². The number of nitrogens with zero attached hydrogens (tertiary/aromatic N) is 1. The van der Waals surface area contributed by atoms with Crippen molar-refractivity contribution in [3.05, 3.63) is 29.8 Å². The van der Waals surface area contributed by atoms with Crippen molar-refractivity contribution in [1.82, 2.24) is 10.2 Å². The molecule has 1 heterocycles. The topological polar surface area (TPSA) is 84.9 Å². The number of rotatable bonds is 7. The lowest BCUT2D eigenvalue weighted by Gasteiger charge is -2.38. The van der Waals surface area contributed by atoms with Crippen LogP contribution in [0.1, 0.15) is 76.1 Å². The van der Waals surface area contributed by atoms with Gasteiger partial charge in [-0.1, -0.05) is 19.8 Å². The van der Waals surface area contributed by atoms with Gasteiger partial charge in [0.2, 0.25) is 0 Å². The van der Waals surface area contributed by atoms with E-state index in [0.29, 0.717) is 17.2 Å². The van der Waals surface area contributed by atoms with Crippen LogP contribution < -0.4 is 10.1 Å². The number of amides is 2. The zero-order valence-electron chi connectivity index (χ0n) is 19.5. The lowest BCUT2D eigenvalue weighted by atomic mass is 9.86. The van der Waals surface area contributed by atoms with Gasteiger partial charge in [-0.3, -0.25) is 9.59 Å². The molecule has 7 heteroatoms. The Bertz CT molecular complexity index is 784. The molecule has 1 aromatic rings. The molecule has 1 saturated carbocycles. The maximum absolute atomic E-state index is 12.6. The Morgan fingerprint density at radius 2 is 1.56 bits per heavy atom.